The van der Waals surface area contributed by atoms with Gasteiger partial charge >= 0.3 is 36.2 Å². The number of hydrogen-bond donors (Lipinski definition) is 6. The standard InChI is InChI=1S/6C4H5FO2.3Pd/c6*1-3(6)2-4(5)7;;;/h6*2,6H,1H3;;;/b3-2+;5*3-2-;;;. The van der Waals surface area contributed by atoms with Gasteiger partial charge in [-0.25, -0.2) is 0 Å². The Morgan fingerprint density at radius 2 is 0.378 bits per heavy atom. The maximum Gasteiger partial charge on any atom is 0.328 e. The van der Waals surface area contributed by atoms with Crippen molar-refractivity contribution in [2.24, 2.45) is 0 Å². The molecule has 0 saturated carbocycles. The molecule has 0 rings (SSSR count). The minimum atomic E-state index is -1.62. The van der Waals surface area contributed by atoms with Crippen LogP contribution in [0.15, 0.2) is 71.0 Å². The average molecular weight is 944 g/mol. The molecule has 0 aromatic rings. The van der Waals surface area contributed by atoms with Crippen molar-refractivity contribution in [1.82, 2.24) is 0 Å². The molecule has 0 aliphatic rings. The Morgan fingerprint density at radius 1 is 0.311 bits per heavy atom. The summed E-state index contributed by atoms with van der Waals surface area (Å²) in [5, 5.41) is 48.7. The molecular formula is C24H30F6O12Pd3. The summed E-state index contributed by atoms with van der Waals surface area (Å²) in [5.74, 6) is -1.87. The van der Waals surface area contributed by atoms with E-state index in [2.05, 4.69) is 0 Å². The van der Waals surface area contributed by atoms with E-state index in [1.54, 1.807) is 0 Å². The first-order valence-electron chi connectivity index (χ1n) is 10.2. The van der Waals surface area contributed by atoms with Crippen LogP contribution in [0.5, 0.6) is 0 Å². The van der Waals surface area contributed by atoms with Crippen LogP contribution in [0.1, 0.15) is 41.5 Å². The second kappa shape index (κ2) is 43.0. The summed E-state index contributed by atoms with van der Waals surface area (Å²) in [4.78, 5) is 56.1. The topological polar surface area (TPSA) is 224 Å². The van der Waals surface area contributed by atoms with Crippen LogP contribution in [-0.4, -0.2) is 66.9 Å². The van der Waals surface area contributed by atoms with Gasteiger partial charge in [0.15, 0.2) is 0 Å². The van der Waals surface area contributed by atoms with Gasteiger partial charge in [-0.2, -0.15) is 26.3 Å². The van der Waals surface area contributed by atoms with E-state index >= 15 is 0 Å². The maximum absolute atomic E-state index is 11.1. The molecule has 0 spiro atoms. The van der Waals surface area contributed by atoms with Crippen LogP contribution in [0.3, 0.4) is 0 Å². The van der Waals surface area contributed by atoms with E-state index in [-0.39, 0.29) is 95.8 Å². The first-order chi connectivity index (χ1) is 18.8. The van der Waals surface area contributed by atoms with Crippen LogP contribution in [0.25, 0.3) is 0 Å². The molecular weight excluding hydrogens is 914 g/mol. The second-order valence-electron chi connectivity index (χ2n) is 6.54. The SMILES string of the molecule is C/C(O)=C/C(=O)F.C/C(O)=C/C(=O)F.C/C(O)=C/C(=O)F.C/C(O)=C/C(=O)F.C/C(O)=C/C(=O)F.C/C(O)=C\C(=O)F.[Pd].[Pd].[Pd]. The monoisotopic (exact) mass is 942 g/mol. The van der Waals surface area contributed by atoms with Crippen LogP contribution in [0.4, 0.5) is 26.3 Å². The number of carbonyl (C=O) groups is 6. The van der Waals surface area contributed by atoms with Crippen LogP contribution in [-0.2, 0) is 90.0 Å². The summed E-state index contributed by atoms with van der Waals surface area (Å²) < 4.78 is 66.5. The second-order valence-corrected chi connectivity index (χ2v) is 6.54. The Kier molecular flexibility index (Phi) is 61.8. The Morgan fingerprint density at radius 3 is 0.378 bits per heavy atom. The third-order valence-electron chi connectivity index (χ3n) is 1.93. The number of rotatable bonds is 6. The van der Waals surface area contributed by atoms with Crippen molar-refractivity contribution in [2.75, 3.05) is 0 Å². The van der Waals surface area contributed by atoms with E-state index in [9.17, 15) is 55.1 Å². The number of halogens is 6. The van der Waals surface area contributed by atoms with Crippen molar-refractivity contribution < 1.29 is 147 Å². The van der Waals surface area contributed by atoms with Gasteiger partial charge in [0.25, 0.3) is 0 Å². The van der Waals surface area contributed by atoms with Crippen molar-refractivity contribution >= 4 is 36.2 Å². The molecule has 6 N–H and O–H groups in total. The Hall–Kier alpha value is -3.17. The average Bonchev–Trinajstić information content (AvgIpc) is 2.63. The molecule has 0 radical (unpaired) electrons. The Bertz CT molecular complexity index is 847. The summed E-state index contributed by atoms with van der Waals surface area (Å²) in [6.45, 7) is 7.32. The molecule has 0 aliphatic carbocycles. The zero-order valence-electron chi connectivity index (χ0n) is 23.8. The number of allylic oxidation sites excluding steroid dienone is 12. The van der Waals surface area contributed by atoms with Crippen LogP contribution < -0.4 is 0 Å². The van der Waals surface area contributed by atoms with Gasteiger partial charge in [0.1, 0.15) is 0 Å². The van der Waals surface area contributed by atoms with Gasteiger partial charge in [-0.05, 0) is 41.5 Å². The molecule has 12 nitrogen and oxygen atoms in total. The van der Waals surface area contributed by atoms with Gasteiger partial charge in [0, 0.05) is 61.3 Å². The van der Waals surface area contributed by atoms with Gasteiger partial charge < -0.3 is 30.6 Å². The third-order valence-corrected chi connectivity index (χ3v) is 1.93. The van der Waals surface area contributed by atoms with E-state index in [0.29, 0.717) is 36.5 Å². The van der Waals surface area contributed by atoms with Gasteiger partial charge in [0.05, 0.1) is 71.0 Å². The predicted octanol–water partition coefficient (Wildman–Crippen LogP) is 5.66. The minimum Gasteiger partial charge on any atom is -0.512 e. The van der Waals surface area contributed by atoms with Crippen molar-refractivity contribution in [3.63, 3.8) is 0 Å². The van der Waals surface area contributed by atoms with Crippen molar-refractivity contribution in [3.8, 4) is 0 Å². The van der Waals surface area contributed by atoms with Gasteiger partial charge in [-0.15, -0.1) is 0 Å². The fraction of sp³-hybridized carbons (Fsp3) is 0.250. The Balaban J connectivity index is -0.0000000487. The normalized spacial score (nSPS) is 10.7. The zero-order valence-corrected chi connectivity index (χ0v) is 28.5. The third kappa shape index (κ3) is 142. The molecule has 0 aliphatic heterocycles. The van der Waals surface area contributed by atoms with Crippen LogP contribution in [0.2, 0.25) is 0 Å². The van der Waals surface area contributed by atoms with Crippen LogP contribution in [0, 0.1) is 0 Å². The molecule has 0 fully saturated rings. The van der Waals surface area contributed by atoms with E-state index in [4.69, 9.17) is 30.6 Å². The summed E-state index contributed by atoms with van der Waals surface area (Å²) in [6, 6.07) is -9.75. The fourth-order valence-electron chi connectivity index (χ4n) is 0.985. The van der Waals surface area contributed by atoms with E-state index < -0.39 is 36.2 Å². The fourth-order valence-corrected chi connectivity index (χ4v) is 0.985. The van der Waals surface area contributed by atoms with Crippen LogP contribution >= 0.6 is 0 Å². The van der Waals surface area contributed by atoms with Crippen molar-refractivity contribution in [3.05, 3.63) is 71.0 Å². The number of aliphatic hydroxyl groups is 6. The molecule has 0 saturated heterocycles. The quantitative estimate of drug-likeness (QED) is 0.0625. The number of aliphatic hydroxyl groups excluding tert-OH is 6. The van der Waals surface area contributed by atoms with Crippen molar-refractivity contribution in [1.29, 1.82) is 0 Å². The van der Waals surface area contributed by atoms with Gasteiger partial charge in [-0.3, -0.25) is 28.8 Å². The Labute approximate surface area is 294 Å². The molecule has 0 amide bonds. The van der Waals surface area contributed by atoms with Crippen molar-refractivity contribution in [2.45, 2.75) is 41.5 Å². The number of hydrogen-bond acceptors (Lipinski definition) is 12. The first-order valence-corrected chi connectivity index (χ1v) is 10.2. The number of carbonyl (C=O) groups excluding carboxylic acids is 6. The molecule has 0 unspecified atom stereocenters. The molecule has 0 bridgehead atoms. The van der Waals surface area contributed by atoms with Gasteiger partial charge in [0.2, 0.25) is 0 Å². The molecule has 21 heteroatoms. The molecule has 0 heterocycles. The largest absolute Gasteiger partial charge is 0.512 e. The first kappa shape index (κ1) is 64.7. The van der Waals surface area contributed by atoms with Gasteiger partial charge in [-0.1, -0.05) is 0 Å². The van der Waals surface area contributed by atoms with E-state index in [1.165, 1.54) is 41.5 Å². The smallest absolute Gasteiger partial charge is 0.328 e. The van der Waals surface area contributed by atoms with E-state index in [0.717, 1.165) is 0 Å². The molecule has 0 aromatic carbocycles. The van der Waals surface area contributed by atoms with E-state index in [1.807, 2.05) is 0 Å². The predicted molar refractivity (Wildman–Crippen MR) is 135 cm³/mol. The summed E-state index contributed by atoms with van der Waals surface area (Å²) in [7, 11) is 0. The molecule has 45 heavy (non-hydrogen) atoms. The summed E-state index contributed by atoms with van der Waals surface area (Å²) >= 11 is 0. The molecule has 0 atom stereocenters. The maximum atomic E-state index is 11.1. The summed E-state index contributed by atoms with van der Waals surface area (Å²) in [6.07, 6.45) is 3.00. The minimum absolute atomic E-state index is 0. The zero-order chi connectivity index (χ0) is 35.2. The molecule has 0 aromatic heterocycles. The summed E-state index contributed by atoms with van der Waals surface area (Å²) in [5.41, 5.74) is 0. The molecule has 270 valence electrons.